The van der Waals surface area contributed by atoms with Crippen molar-refractivity contribution in [1.82, 2.24) is 9.97 Å². The van der Waals surface area contributed by atoms with Crippen LogP contribution in [0.2, 0.25) is 0 Å². The van der Waals surface area contributed by atoms with Gasteiger partial charge in [-0.1, -0.05) is 11.3 Å². The van der Waals surface area contributed by atoms with Crippen molar-refractivity contribution in [2.24, 2.45) is 0 Å². The minimum Gasteiger partial charge on any atom is -0.463 e. The first-order valence-corrected chi connectivity index (χ1v) is 11.0. The molecule has 9 nitrogen and oxygen atoms in total. The highest BCUT2D eigenvalue weighted by Crippen LogP contribution is 2.34. The molecule has 10 heteroatoms. The number of pyridine rings is 1. The van der Waals surface area contributed by atoms with Gasteiger partial charge in [-0.3, -0.25) is 10.1 Å². The third-order valence-electron chi connectivity index (χ3n) is 4.54. The number of aromatic nitrogens is 2. The van der Waals surface area contributed by atoms with E-state index >= 15 is 0 Å². The normalized spacial score (nSPS) is 14.3. The molecule has 32 heavy (non-hydrogen) atoms. The van der Waals surface area contributed by atoms with Gasteiger partial charge in [-0.25, -0.2) is 14.8 Å². The van der Waals surface area contributed by atoms with Gasteiger partial charge in [0.1, 0.15) is 22.0 Å². The van der Waals surface area contributed by atoms with Crippen molar-refractivity contribution in [2.45, 2.75) is 26.4 Å². The molecule has 1 aliphatic heterocycles. The van der Waals surface area contributed by atoms with Gasteiger partial charge in [0.2, 0.25) is 5.78 Å². The van der Waals surface area contributed by atoms with E-state index in [0.717, 1.165) is 17.2 Å². The predicted octanol–water partition coefficient (Wildman–Crippen LogP) is 4.21. The van der Waals surface area contributed by atoms with Crippen LogP contribution in [0.25, 0.3) is 11.5 Å². The summed E-state index contributed by atoms with van der Waals surface area (Å²) >= 11 is 1.07. The van der Waals surface area contributed by atoms with Gasteiger partial charge >= 0.3 is 6.09 Å². The van der Waals surface area contributed by atoms with Gasteiger partial charge in [0.05, 0.1) is 19.5 Å². The molecule has 4 heterocycles. The Balaban J connectivity index is 1.64. The molecule has 1 fully saturated rings. The second-order valence-corrected chi connectivity index (χ2v) is 9.13. The van der Waals surface area contributed by atoms with Crippen molar-refractivity contribution >= 4 is 34.2 Å². The minimum atomic E-state index is -0.656. The zero-order chi connectivity index (χ0) is 22.7. The summed E-state index contributed by atoms with van der Waals surface area (Å²) in [7, 11) is 0. The molecule has 168 valence electrons. The van der Waals surface area contributed by atoms with Crippen LogP contribution in [0.1, 0.15) is 36.0 Å². The number of morpholine rings is 1. The van der Waals surface area contributed by atoms with Crippen LogP contribution < -0.4 is 10.2 Å². The van der Waals surface area contributed by atoms with Crippen LogP contribution in [0, 0.1) is 0 Å². The van der Waals surface area contributed by atoms with Crippen molar-refractivity contribution in [3.8, 4) is 11.5 Å². The van der Waals surface area contributed by atoms with Crippen LogP contribution >= 0.6 is 11.3 Å². The van der Waals surface area contributed by atoms with E-state index in [9.17, 15) is 9.59 Å². The Labute approximate surface area is 189 Å². The molecule has 1 aliphatic rings. The molecule has 0 unspecified atom stereocenters. The van der Waals surface area contributed by atoms with Gasteiger partial charge < -0.3 is 18.8 Å². The van der Waals surface area contributed by atoms with E-state index < -0.39 is 11.7 Å². The van der Waals surface area contributed by atoms with E-state index in [0.29, 0.717) is 48.2 Å². The topological polar surface area (TPSA) is 107 Å². The summed E-state index contributed by atoms with van der Waals surface area (Å²) in [5, 5.41) is 2.86. The number of hydrogen-bond donors (Lipinski definition) is 1. The molecule has 1 amide bonds. The predicted molar refractivity (Wildman–Crippen MR) is 120 cm³/mol. The Hall–Kier alpha value is -3.24. The molecule has 3 aromatic heterocycles. The average Bonchev–Trinajstić information content (AvgIpc) is 3.42. The van der Waals surface area contributed by atoms with Crippen LogP contribution in [0.4, 0.5) is 15.7 Å². The van der Waals surface area contributed by atoms with E-state index in [2.05, 4.69) is 20.2 Å². The van der Waals surface area contributed by atoms with E-state index in [1.807, 2.05) is 0 Å². The van der Waals surface area contributed by atoms with Gasteiger partial charge in [0.25, 0.3) is 0 Å². The average molecular weight is 457 g/mol. The lowest BCUT2D eigenvalue weighted by molar-refractivity contribution is 0.0635. The molecule has 0 aliphatic carbocycles. The molecule has 1 saturated heterocycles. The number of amides is 1. The van der Waals surface area contributed by atoms with Crippen molar-refractivity contribution in [3.05, 3.63) is 47.2 Å². The fourth-order valence-corrected chi connectivity index (χ4v) is 4.07. The van der Waals surface area contributed by atoms with E-state index in [1.54, 1.807) is 51.2 Å². The Bertz CT molecular complexity index is 1100. The number of nitrogens with one attached hydrogen (secondary N) is 1. The molecule has 0 atom stereocenters. The number of anilines is 2. The van der Waals surface area contributed by atoms with Gasteiger partial charge in [0.15, 0.2) is 10.9 Å². The first kappa shape index (κ1) is 22.0. The molecule has 0 spiro atoms. The Morgan fingerprint density at radius 3 is 2.69 bits per heavy atom. The first-order chi connectivity index (χ1) is 15.3. The maximum Gasteiger partial charge on any atom is 0.413 e. The summed E-state index contributed by atoms with van der Waals surface area (Å²) in [6, 6.07) is 6.86. The van der Waals surface area contributed by atoms with E-state index in [1.165, 1.54) is 6.26 Å². The number of thiazole rings is 1. The number of carbonyl (C=O) groups excluding carboxylic acids is 2. The second-order valence-electron chi connectivity index (χ2n) is 8.13. The van der Waals surface area contributed by atoms with E-state index in [-0.39, 0.29) is 10.9 Å². The summed E-state index contributed by atoms with van der Waals surface area (Å²) in [6.07, 6.45) is 2.48. The lowest BCUT2D eigenvalue weighted by Gasteiger charge is -2.27. The standard InChI is InChI=1S/C22H24N4O5S/c1-22(2,3)31-21(28)25-20-24-17(15-5-4-10-30-15)19(32-20)18(27)14-6-7-23-16(13-14)26-8-11-29-12-9-26/h4-7,10,13H,8-9,11-12H2,1-3H3,(H,24,25,28). The van der Waals surface area contributed by atoms with Crippen LogP contribution in [0.15, 0.2) is 41.1 Å². The number of ketones is 1. The van der Waals surface area contributed by atoms with Gasteiger partial charge in [-0.2, -0.15) is 0 Å². The Kier molecular flexibility index (Phi) is 6.24. The Morgan fingerprint density at radius 1 is 1.22 bits per heavy atom. The number of ether oxygens (including phenoxy) is 2. The lowest BCUT2D eigenvalue weighted by Crippen LogP contribution is -2.36. The molecular formula is C22H24N4O5S. The smallest absolute Gasteiger partial charge is 0.413 e. The fraction of sp³-hybridized carbons (Fsp3) is 0.364. The summed E-state index contributed by atoms with van der Waals surface area (Å²) < 4.78 is 16.2. The van der Waals surface area contributed by atoms with Crippen LogP contribution in [-0.2, 0) is 9.47 Å². The van der Waals surface area contributed by atoms with E-state index in [4.69, 9.17) is 13.9 Å². The van der Waals surface area contributed by atoms with Crippen LogP contribution in [0.5, 0.6) is 0 Å². The molecule has 3 aromatic rings. The highest BCUT2D eigenvalue weighted by Gasteiger charge is 2.25. The van der Waals surface area contributed by atoms with Crippen LogP contribution in [0.3, 0.4) is 0 Å². The van der Waals surface area contributed by atoms with Crippen LogP contribution in [-0.4, -0.2) is 53.7 Å². The Morgan fingerprint density at radius 2 is 2.00 bits per heavy atom. The number of nitrogens with zero attached hydrogens (tertiary/aromatic N) is 3. The highest BCUT2D eigenvalue weighted by atomic mass is 32.1. The van der Waals surface area contributed by atoms with Crippen molar-refractivity contribution in [2.75, 3.05) is 36.5 Å². The fourth-order valence-electron chi connectivity index (χ4n) is 3.15. The van der Waals surface area contributed by atoms with Crippen molar-refractivity contribution < 1.29 is 23.5 Å². The number of furan rings is 1. The van der Waals surface area contributed by atoms with Gasteiger partial charge in [0, 0.05) is 24.8 Å². The first-order valence-electron chi connectivity index (χ1n) is 10.2. The maximum absolute atomic E-state index is 13.4. The summed E-state index contributed by atoms with van der Waals surface area (Å²) in [4.78, 5) is 36.9. The zero-order valence-electron chi connectivity index (χ0n) is 18.1. The summed E-state index contributed by atoms with van der Waals surface area (Å²) in [5.41, 5.74) is 0.180. The summed E-state index contributed by atoms with van der Waals surface area (Å²) in [5.74, 6) is 0.919. The largest absolute Gasteiger partial charge is 0.463 e. The third kappa shape index (κ3) is 5.14. The van der Waals surface area contributed by atoms with Crippen molar-refractivity contribution in [1.29, 1.82) is 0 Å². The summed E-state index contributed by atoms with van der Waals surface area (Å²) in [6.45, 7) is 7.99. The number of carbonyl (C=O) groups is 2. The van der Waals surface area contributed by atoms with Crippen molar-refractivity contribution in [3.63, 3.8) is 0 Å². The molecule has 0 bridgehead atoms. The number of hydrogen-bond acceptors (Lipinski definition) is 9. The monoisotopic (exact) mass is 456 g/mol. The van der Waals surface area contributed by atoms with Gasteiger partial charge in [-0.15, -0.1) is 0 Å². The molecule has 4 rings (SSSR count). The lowest BCUT2D eigenvalue weighted by atomic mass is 10.1. The zero-order valence-corrected chi connectivity index (χ0v) is 18.9. The molecule has 0 radical (unpaired) electrons. The molecule has 1 N–H and O–H groups in total. The molecule has 0 aromatic carbocycles. The maximum atomic E-state index is 13.4. The molecule has 0 saturated carbocycles. The highest BCUT2D eigenvalue weighted by molar-refractivity contribution is 7.18. The quantitative estimate of drug-likeness (QED) is 0.569. The molecular weight excluding hydrogens is 432 g/mol. The number of rotatable bonds is 5. The van der Waals surface area contributed by atoms with Gasteiger partial charge in [-0.05, 0) is 45.0 Å². The third-order valence-corrected chi connectivity index (χ3v) is 5.51. The minimum absolute atomic E-state index is 0.233. The SMILES string of the molecule is CC(C)(C)OC(=O)Nc1nc(-c2ccco2)c(C(=O)c2ccnc(N3CCOCC3)c2)s1. The second kappa shape index (κ2) is 9.09.